The van der Waals surface area contributed by atoms with E-state index in [-0.39, 0.29) is 11.2 Å². The van der Waals surface area contributed by atoms with Gasteiger partial charge in [-0.15, -0.1) is 0 Å². The number of hydrogen-bond donors (Lipinski definition) is 2. The van der Waals surface area contributed by atoms with Gasteiger partial charge in [0.05, 0.1) is 7.11 Å². The Kier molecular flexibility index (Phi) is 4.82. The predicted molar refractivity (Wildman–Crippen MR) is 79.6 cm³/mol. The summed E-state index contributed by atoms with van der Waals surface area (Å²) in [7, 11) is 1.32. The van der Waals surface area contributed by atoms with E-state index in [1.807, 2.05) is 6.92 Å². The molecule has 4 unspecified atom stereocenters. The number of carbonyl (C=O) groups is 1. The van der Waals surface area contributed by atoms with Crippen molar-refractivity contribution in [1.82, 2.24) is 9.88 Å². The summed E-state index contributed by atoms with van der Waals surface area (Å²) in [6, 6.07) is 3.75. The second-order valence-corrected chi connectivity index (χ2v) is 5.72. The predicted octanol–water partition coefficient (Wildman–Crippen LogP) is 0.671. The second kappa shape index (κ2) is 6.21. The van der Waals surface area contributed by atoms with Crippen molar-refractivity contribution < 1.29 is 14.6 Å². The van der Waals surface area contributed by atoms with Crippen LogP contribution in [0.2, 0.25) is 0 Å². The largest absolute Gasteiger partial charge is 0.627 e. The number of quaternary nitrogens is 1. The summed E-state index contributed by atoms with van der Waals surface area (Å²) in [4.78, 5) is 16.3. The minimum Gasteiger partial charge on any atom is -0.627 e. The smallest absolute Gasteiger partial charge is 0.354 e. The molecule has 0 aromatic carbocycles. The van der Waals surface area contributed by atoms with Gasteiger partial charge >= 0.3 is 5.97 Å². The number of alkyl halides is 1. The Labute approximate surface area is 125 Å². The fraction of sp³-hybridized carbons (Fsp3) is 0.583. The topological polar surface area (TPSA) is 72.6 Å². The standard InChI is InChI=1S/C12H18IN3O3/c1-8(15-7-9(15)5-6-13)16(18)11-4-3-10(14-11)12(17)19-2/h3-4,8-9,14,16H,5-7H2,1-2H3. The molecule has 2 N–H and O–H groups in total. The van der Waals surface area contributed by atoms with Gasteiger partial charge in [0.2, 0.25) is 5.82 Å². The minimum absolute atomic E-state index is 0.0195. The number of hydroxylamine groups is 1. The summed E-state index contributed by atoms with van der Waals surface area (Å²) < 4.78 is 5.71. The minimum atomic E-state index is -0.457. The number of aromatic nitrogens is 1. The quantitative estimate of drug-likeness (QED) is 0.251. The molecule has 0 amide bonds. The van der Waals surface area contributed by atoms with E-state index in [1.54, 1.807) is 12.1 Å². The van der Waals surface area contributed by atoms with Gasteiger partial charge in [-0.25, -0.2) is 9.69 Å². The number of halogens is 1. The van der Waals surface area contributed by atoms with Crippen molar-refractivity contribution in [2.24, 2.45) is 0 Å². The van der Waals surface area contributed by atoms with Crippen LogP contribution in [0.1, 0.15) is 23.8 Å². The molecule has 0 bridgehead atoms. The molecular weight excluding hydrogens is 361 g/mol. The molecule has 6 nitrogen and oxygen atoms in total. The van der Waals surface area contributed by atoms with Crippen LogP contribution >= 0.6 is 22.6 Å². The highest BCUT2D eigenvalue weighted by atomic mass is 127. The molecule has 1 aromatic rings. The van der Waals surface area contributed by atoms with E-state index in [9.17, 15) is 10.0 Å². The number of H-pyrrole nitrogens is 1. The van der Waals surface area contributed by atoms with Crippen LogP contribution < -0.4 is 5.06 Å². The molecule has 0 radical (unpaired) electrons. The summed E-state index contributed by atoms with van der Waals surface area (Å²) >= 11 is 2.35. The van der Waals surface area contributed by atoms with Crippen LogP contribution in [0.3, 0.4) is 0 Å². The van der Waals surface area contributed by atoms with Crippen molar-refractivity contribution in [3.05, 3.63) is 23.0 Å². The van der Waals surface area contributed by atoms with Crippen LogP contribution in [-0.4, -0.2) is 46.1 Å². The molecule has 2 rings (SSSR count). The first-order valence-electron chi connectivity index (χ1n) is 6.21. The number of methoxy groups -OCH3 is 1. The third-order valence-electron chi connectivity index (χ3n) is 3.43. The fourth-order valence-electron chi connectivity index (χ4n) is 2.20. The maximum Gasteiger partial charge on any atom is 0.354 e. The molecular formula is C12H18IN3O3. The van der Waals surface area contributed by atoms with Gasteiger partial charge < -0.3 is 20.0 Å². The number of esters is 1. The lowest BCUT2D eigenvalue weighted by Crippen LogP contribution is -3.07. The zero-order valence-electron chi connectivity index (χ0n) is 11.0. The summed E-state index contributed by atoms with van der Waals surface area (Å²) in [6.45, 7) is 2.90. The summed E-state index contributed by atoms with van der Waals surface area (Å²) in [5.74, 6) is 0.00856. The maximum atomic E-state index is 12.3. The molecule has 1 aliphatic rings. The Morgan fingerprint density at radius 1 is 1.74 bits per heavy atom. The van der Waals surface area contributed by atoms with E-state index in [2.05, 4.69) is 37.2 Å². The van der Waals surface area contributed by atoms with Crippen LogP contribution in [0.25, 0.3) is 0 Å². The van der Waals surface area contributed by atoms with Crippen LogP contribution in [0, 0.1) is 5.21 Å². The highest BCUT2D eigenvalue weighted by Gasteiger charge is 2.40. The van der Waals surface area contributed by atoms with Gasteiger partial charge in [0.1, 0.15) is 11.9 Å². The Morgan fingerprint density at radius 3 is 3.11 bits per heavy atom. The van der Waals surface area contributed by atoms with E-state index < -0.39 is 5.97 Å². The lowest BCUT2D eigenvalue weighted by molar-refractivity contribution is -0.819. The van der Waals surface area contributed by atoms with Crippen molar-refractivity contribution in [3.63, 3.8) is 0 Å². The van der Waals surface area contributed by atoms with Gasteiger partial charge in [-0.2, -0.15) is 0 Å². The van der Waals surface area contributed by atoms with E-state index in [1.165, 1.54) is 7.11 Å². The third kappa shape index (κ3) is 3.28. The summed E-state index contributed by atoms with van der Waals surface area (Å²) in [5.41, 5.74) is 0.313. The molecule has 2 heterocycles. The SMILES string of the molecule is COC(=O)c1ccc([NH+]([O-])C(C)N2CC2CCI)[nH]1. The molecule has 0 aliphatic carbocycles. The average molecular weight is 379 g/mol. The highest BCUT2D eigenvalue weighted by Crippen LogP contribution is 2.23. The Morgan fingerprint density at radius 2 is 2.47 bits per heavy atom. The maximum absolute atomic E-state index is 12.3. The zero-order chi connectivity index (χ0) is 14.0. The van der Waals surface area contributed by atoms with E-state index in [4.69, 9.17) is 0 Å². The first-order valence-corrected chi connectivity index (χ1v) is 7.74. The zero-order valence-corrected chi connectivity index (χ0v) is 13.1. The van der Waals surface area contributed by atoms with Gasteiger partial charge in [-0.1, -0.05) is 22.6 Å². The van der Waals surface area contributed by atoms with Gasteiger partial charge in [-0.3, -0.25) is 0 Å². The normalized spacial score (nSPS) is 24.8. The molecule has 1 saturated heterocycles. The Bertz CT molecular complexity index is 451. The van der Waals surface area contributed by atoms with Gasteiger partial charge in [-0.05, 0) is 12.5 Å². The van der Waals surface area contributed by atoms with Crippen LogP contribution in [0.4, 0.5) is 5.82 Å². The highest BCUT2D eigenvalue weighted by molar-refractivity contribution is 14.1. The molecule has 4 atom stereocenters. The van der Waals surface area contributed by atoms with Crippen LogP contribution in [-0.2, 0) is 4.74 Å². The lowest BCUT2D eigenvalue weighted by atomic mass is 10.4. The Hall–Kier alpha value is -0.640. The van der Waals surface area contributed by atoms with Crippen molar-refractivity contribution in [2.45, 2.75) is 25.6 Å². The number of nitrogens with zero attached hydrogens (tertiary/aromatic N) is 1. The molecule has 0 saturated carbocycles. The third-order valence-corrected chi connectivity index (χ3v) is 4.06. The van der Waals surface area contributed by atoms with E-state index in [0.717, 1.165) is 17.4 Å². The van der Waals surface area contributed by atoms with Crippen molar-refractivity contribution >= 4 is 34.4 Å². The molecule has 106 valence electrons. The van der Waals surface area contributed by atoms with Crippen molar-refractivity contribution in [3.8, 4) is 0 Å². The molecule has 19 heavy (non-hydrogen) atoms. The molecule has 0 spiro atoms. The average Bonchev–Trinajstić information content (AvgIpc) is 3.01. The van der Waals surface area contributed by atoms with Gasteiger partial charge in [0.25, 0.3) is 0 Å². The molecule has 1 aromatic heterocycles. The molecule has 1 fully saturated rings. The fourth-order valence-corrected chi connectivity index (χ4v) is 2.92. The van der Waals surface area contributed by atoms with E-state index >= 15 is 0 Å². The van der Waals surface area contributed by atoms with Crippen molar-refractivity contribution in [2.75, 3.05) is 18.1 Å². The number of aromatic amines is 1. The summed E-state index contributed by atoms with van der Waals surface area (Å²) in [5, 5.41) is 12.3. The van der Waals surface area contributed by atoms with Gasteiger partial charge in [0, 0.05) is 30.0 Å². The lowest BCUT2D eigenvalue weighted by Gasteiger charge is -2.28. The van der Waals surface area contributed by atoms with Gasteiger partial charge in [0.15, 0.2) is 0 Å². The van der Waals surface area contributed by atoms with Crippen LogP contribution in [0.5, 0.6) is 0 Å². The monoisotopic (exact) mass is 379 g/mol. The molecule has 7 heteroatoms. The number of ether oxygens (including phenoxy) is 1. The van der Waals surface area contributed by atoms with Crippen LogP contribution in [0.15, 0.2) is 12.1 Å². The molecule has 1 aliphatic heterocycles. The number of hydrogen-bond acceptors (Lipinski definition) is 4. The first kappa shape index (κ1) is 14.8. The van der Waals surface area contributed by atoms with Crippen molar-refractivity contribution in [1.29, 1.82) is 0 Å². The Balaban J connectivity index is 1.98. The number of rotatable bonds is 6. The van der Waals surface area contributed by atoms with E-state index in [0.29, 0.717) is 17.6 Å². The number of carbonyl (C=O) groups excluding carboxylic acids is 1. The second-order valence-electron chi connectivity index (χ2n) is 4.65. The summed E-state index contributed by atoms with van der Waals surface area (Å²) in [6.07, 6.45) is 0.980. The first-order chi connectivity index (χ1) is 9.08. The number of nitrogens with one attached hydrogen (secondary N) is 2.